The Morgan fingerprint density at radius 3 is 2.79 bits per heavy atom. The lowest BCUT2D eigenvalue weighted by Crippen LogP contribution is -2.44. The molecular weight excluding hydrogens is 172 g/mol. The molecule has 1 N–H and O–H groups in total. The zero-order valence-corrected chi connectivity index (χ0v) is 9.00. The van der Waals surface area contributed by atoms with Crippen molar-refractivity contribution in [2.24, 2.45) is 0 Å². The SMILES string of the molecule is C#CCN1CCC(NC(C)C=C)CC1. The van der Waals surface area contributed by atoms with E-state index in [1.807, 2.05) is 6.08 Å². The summed E-state index contributed by atoms with van der Waals surface area (Å²) in [4.78, 5) is 2.33. The molecule has 0 radical (unpaired) electrons. The van der Waals surface area contributed by atoms with E-state index in [1.165, 1.54) is 12.8 Å². The molecule has 14 heavy (non-hydrogen) atoms. The Balaban J connectivity index is 2.22. The molecule has 2 heteroatoms. The average Bonchev–Trinajstić information content (AvgIpc) is 2.21. The van der Waals surface area contributed by atoms with Gasteiger partial charge in [-0.1, -0.05) is 12.0 Å². The van der Waals surface area contributed by atoms with Crippen molar-refractivity contribution in [1.29, 1.82) is 0 Å². The molecule has 0 aromatic rings. The van der Waals surface area contributed by atoms with Crippen molar-refractivity contribution < 1.29 is 0 Å². The van der Waals surface area contributed by atoms with Crippen LogP contribution in [-0.2, 0) is 0 Å². The molecule has 0 spiro atoms. The highest BCUT2D eigenvalue weighted by atomic mass is 15.1. The van der Waals surface area contributed by atoms with Gasteiger partial charge in [-0.25, -0.2) is 0 Å². The van der Waals surface area contributed by atoms with Gasteiger partial charge in [-0.15, -0.1) is 13.0 Å². The van der Waals surface area contributed by atoms with Gasteiger partial charge in [0.05, 0.1) is 6.54 Å². The van der Waals surface area contributed by atoms with Crippen molar-refractivity contribution in [3.63, 3.8) is 0 Å². The molecule has 1 unspecified atom stereocenters. The van der Waals surface area contributed by atoms with E-state index >= 15 is 0 Å². The van der Waals surface area contributed by atoms with Crippen LogP contribution in [0.5, 0.6) is 0 Å². The van der Waals surface area contributed by atoms with E-state index in [0.717, 1.165) is 19.6 Å². The van der Waals surface area contributed by atoms with Crippen molar-refractivity contribution in [2.75, 3.05) is 19.6 Å². The quantitative estimate of drug-likeness (QED) is 0.533. The van der Waals surface area contributed by atoms with Gasteiger partial charge in [0, 0.05) is 25.2 Å². The number of hydrogen-bond donors (Lipinski definition) is 1. The van der Waals surface area contributed by atoms with Crippen LogP contribution in [0.4, 0.5) is 0 Å². The van der Waals surface area contributed by atoms with Gasteiger partial charge in [0.15, 0.2) is 0 Å². The molecule has 0 amide bonds. The Hall–Kier alpha value is -0.780. The van der Waals surface area contributed by atoms with Gasteiger partial charge in [0.25, 0.3) is 0 Å². The van der Waals surface area contributed by atoms with E-state index < -0.39 is 0 Å². The van der Waals surface area contributed by atoms with Crippen molar-refractivity contribution in [2.45, 2.75) is 31.8 Å². The second-order valence-electron chi connectivity index (χ2n) is 3.95. The maximum Gasteiger partial charge on any atom is 0.0598 e. The molecule has 1 fully saturated rings. The van der Waals surface area contributed by atoms with Crippen LogP contribution in [0, 0.1) is 12.3 Å². The minimum absolute atomic E-state index is 0.416. The van der Waals surface area contributed by atoms with Crippen LogP contribution < -0.4 is 5.32 Å². The lowest BCUT2D eigenvalue weighted by molar-refractivity contribution is 0.215. The van der Waals surface area contributed by atoms with Gasteiger partial charge in [0.2, 0.25) is 0 Å². The molecule has 2 nitrogen and oxygen atoms in total. The van der Waals surface area contributed by atoms with Gasteiger partial charge in [-0.05, 0) is 19.8 Å². The second kappa shape index (κ2) is 5.85. The number of nitrogens with zero attached hydrogens (tertiary/aromatic N) is 1. The lowest BCUT2D eigenvalue weighted by Gasteiger charge is -2.32. The third kappa shape index (κ3) is 3.53. The summed E-state index contributed by atoms with van der Waals surface area (Å²) in [7, 11) is 0. The Morgan fingerprint density at radius 2 is 2.29 bits per heavy atom. The van der Waals surface area contributed by atoms with Crippen molar-refractivity contribution in [3.05, 3.63) is 12.7 Å². The number of rotatable bonds is 4. The third-order valence-electron chi connectivity index (χ3n) is 2.75. The minimum atomic E-state index is 0.416. The predicted molar refractivity (Wildman–Crippen MR) is 61.1 cm³/mol. The highest BCUT2D eigenvalue weighted by Crippen LogP contribution is 2.10. The first-order valence-electron chi connectivity index (χ1n) is 5.30. The van der Waals surface area contributed by atoms with E-state index in [2.05, 4.69) is 29.6 Å². The van der Waals surface area contributed by atoms with Gasteiger partial charge in [-0.2, -0.15) is 0 Å². The average molecular weight is 192 g/mol. The molecule has 78 valence electrons. The van der Waals surface area contributed by atoms with E-state index in [9.17, 15) is 0 Å². The summed E-state index contributed by atoms with van der Waals surface area (Å²) < 4.78 is 0. The van der Waals surface area contributed by atoms with E-state index in [0.29, 0.717) is 12.1 Å². The maximum absolute atomic E-state index is 5.28. The molecule has 1 saturated heterocycles. The smallest absolute Gasteiger partial charge is 0.0598 e. The van der Waals surface area contributed by atoms with Crippen molar-refractivity contribution in [3.8, 4) is 12.3 Å². The molecule has 1 atom stereocenters. The number of piperidine rings is 1. The molecule has 0 bridgehead atoms. The van der Waals surface area contributed by atoms with Crippen molar-refractivity contribution >= 4 is 0 Å². The van der Waals surface area contributed by atoms with Gasteiger partial charge < -0.3 is 5.32 Å². The van der Waals surface area contributed by atoms with Crippen molar-refractivity contribution in [1.82, 2.24) is 10.2 Å². The van der Waals surface area contributed by atoms with Crippen LogP contribution in [0.1, 0.15) is 19.8 Å². The molecule has 0 aliphatic carbocycles. The first kappa shape index (κ1) is 11.3. The summed E-state index contributed by atoms with van der Waals surface area (Å²) in [6.45, 7) is 8.94. The standard InChI is InChI=1S/C12H20N2/c1-4-8-14-9-6-12(7-10-14)13-11(3)5-2/h1,5,11-13H,2,6-10H2,3H3. The monoisotopic (exact) mass is 192 g/mol. The lowest BCUT2D eigenvalue weighted by atomic mass is 10.0. The van der Waals surface area contributed by atoms with Crippen LogP contribution in [0.15, 0.2) is 12.7 Å². The summed E-state index contributed by atoms with van der Waals surface area (Å²) in [6.07, 6.45) is 9.62. The largest absolute Gasteiger partial charge is 0.308 e. The first-order valence-corrected chi connectivity index (χ1v) is 5.30. The van der Waals surface area contributed by atoms with Gasteiger partial charge >= 0.3 is 0 Å². The summed E-state index contributed by atoms with van der Waals surface area (Å²) in [5.74, 6) is 2.69. The first-order chi connectivity index (χ1) is 6.76. The summed E-state index contributed by atoms with van der Waals surface area (Å²) >= 11 is 0. The zero-order chi connectivity index (χ0) is 10.4. The summed E-state index contributed by atoms with van der Waals surface area (Å²) in [6, 6.07) is 1.05. The fraction of sp³-hybridized carbons (Fsp3) is 0.667. The number of likely N-dealkylation sites (tertiary alicyclic amines) is 1. The highest BCUT2D eigenvalue weighted by molar-refractivity contribution is 4.91. The van der Waals surface area contributed by atoms with E-state index in [4.69, 9.17) is 6.42 Å². The second-order valence-corrected chi connectivity index (χ2v) is 3.95. The predicted octanol–water partition coefficient (Wildman–Crippen LogP) is 1.25. The molecule has 0 saturated carbocycles. The molecule has 1 aliphatic heterocycles. The van der Waals surface area contributed by atoms with E-state index in [1.54, 1.807) is 0 Å². The number of terminal acetylenes is 1. The van der Waals surface area contributed by atoms with Crippen LogP contribution in [0.25, 0.3) is 0 Å². The summed E-state index contributed by atoms with van der Waals surface area (Å²) in [5, 5.41) is 3.53. The van der Waals surface area contributed by atoms with Crippen LogP contribution >= 0.6 is 0 Å². The van der Waals surface area contributed by atoms with Crippen LogP contribution in [0.3, 0.4) is 0 Å². The zero-order valence-electron chi connectivity index (χ0n) is 9.00. The molecule has 0 aromatic heterocycles. The normalized spacial score (nSPS) is 21.4. The van der Waals surface area contributed by atoms with Gasteiger partial charge in [-0.3, -0.25) is 4.90 Å². The molecule has 0 aromatic carbocycles. The van der Waals surface area contributed by atoms with Gasteiger partial charge in [0.1, 0.15) is 0 Å². The highest BCUT2D eigenvalue weighted by Gasteiger charge is 2.18. The molecule has 1 rings (SSSR count). The molecule has 1 heterocycles. The Labute approximate surface area is 87.4 Å². The fourth-order valence-corrected chi connectivity index (χ4v) is 1.83. The fourth-order valence-electron chi connectivity index (χ4n) is 1.83. The Morgan fingerprint density at radius 1 is 1.64 bits per heavy atom. The van der Waals surface area contributed by atoms with Crippen LogP contribution in [-0.4, -0.2) is 36.6 Å². The third-order valence-corrected chi connectivity index (χ3v) is 2.75. The minimum Gasteiger partial charge on any atom is -0.308 e. The molecular formula is C12H20N2. The topological polar surface area (TPSA) is 15.3 Å². The summed E-state index contributed by atoms with van der Waals surface area (Å²) in [5.41, 5.74) is 0. The number of hydrogen-bond acceptors (Lipinski definition) is 2. The van der Waals surface area contributed by atoms with E-state index in [-0.39, 0.29) is 0 Å². The molecule has 1 aliphatic rings. The Bertz CT molecular complexity index is 209. The Kier molecular flexibility index (Phi) is 4.72. The maximum atomic E-state index is 5.28. The van der Waals surface area contributed by atoms with Crippen LogP contribution in [0.2, 0.25) is 0 Å². The number of nitrogens with one attached hydrogen (secondary N) is 1.